The highest BCUT2D eigenvalue weighted by atomic mass is 16.6. The molecule has 284 valence electrons. The highest BCUT2D eigenvalue weighted by Gasteiger charge is 2.35. The lowest BCUT2D eigenvalue weighted by Crippen LogP contribution is -2.36. The molecule has 1 N–H and O–H groups in total. The van der Waals surface area contributed by atoms with Gasteiger partial charge in [0.25, 0.3) is 11.8 Å². The SMILES string of the molecule is CCC(C)(C)C(=O)OCCNC(=O)OCCN1C(=O)c2ccccc2C1=O.CCC(C)c1ccccc1.CCn1c2ccccc2c(=O)c2ccccc21. The zero-order valence-corrected chi connectivity index (χ0v) is 32.1. The summed E-state index contributed by atoms with van der Waals surface area (Å²) in [6.07, 6.45) is 1.17. The molecule has 0 fully saturated rings. The summed E-state index contributed by atoms with van der Waals surface area (Å²) >= 11 is 0. The smallest absolute Gasteiger partial charge is 0.407 e. The number of para-hydroxylation sites is 2. The molecular weight excluding hydrogens is 682 g/mol. The number of hydrogen-bond acceptors (Lipinski definition) is 7. The number of nitrogens with zero attached hydrogens (tertiary/aromatic N) is 2. The molecule has 2 heterocycles. The van der Waals surface area contributed by atoms with Gasteiger partial charge in [-0.25, -0.2) is 4.79 Å². The van der Waals surface area contributed by atoms with Gasteiger partial charge in [0.05, 0.1) is 40.7 Å². The summed E-state index contributed by atoms with van der Waals surface area (Å²) in [6.45, 7) is 12.9. The van der Waals surface area contributed by atoms with Crippen LogP contribution in [0.2, 0.25) is 0 Å². The summed E-state index contributed by atoms with van der Waals surface area (Å²) < 4.78 is 12.2. The fraction of sp³-hybridized carbons (Fsp3) is 0.341. The molecule has 1 aliphatic heterocycles. The number of aromatic nitrogens is 1. The van der Waals surface area contributed by atoms with Crippen molar-refractivity contribution in [3.05, 3.63) is 130 Å². The molecule has 0 aliphatic carbocycles. The number of esters is 1. The van der Waals surface area contributed by atoms with E-state index >= 15 is 0 Å². The number of amides is 3. The minimum atomic E-state index is -0.711. The Morgan fingerprint density at radius 1 is 0.704 bits per heavy atom. The second kappa shape index (κ2) is 19.3. The van der Waals surface area contributed by atoms with Crippen molar-refractivity contribution >= 4 is 45.7 Å². The number of imide groups is 1. The van der Waals surface area contributed by atoms with Crippen molar-refractivity contribution in [2.24, 2.45) is 5.41 Å². The maximum Gasteiger partial charge on any atom is 0.407 e. The van der Waals surface area contributed by atoms with E-state index in [9.17, 15) is 24.0 Å². The van der Waals surface area contributed by atoms with Gasteiger partial charge in [0.1, 0.15) is 13.2 Å². The minimum Gasteiger partial charge on any atom is -0.463 e. The molecule has 0 spiro atoms. The third-order valence-electron chi connectivity index (χ3n) is 9.64. The van der Waals surface area contributed by atoms with Crippen LogP contribution >= 0.6 is 0 Å². The number of benzene rings is 4. The average Bonchev–Trinajstić information content (AvgIpc) is 3.45. The van der Waals surface area contributed by atoms with Crippen molar-refractivity contribution in [1.82, 2.24) is 14.8 Å². The quantitative estimate of drug-likeness (QED) is 0.0626. The fourth-order valence-corrected chi connectivity index (χ4v) is 5.79. The van der Waals surface area contributed by atoms with Crippen molar-refractivity contribution in [1.29, 1.82) is 0 Å². The van der Waals surface area contributed by atoms with Crippen LogP contribution in [-0.2, 0) is 20.8 Å². The van der Waals surface area contributed by atoms with E-state index in [4.69, 9.17) is 9.47 Å². The third kappa shape index (κ3) is 10.0. The van der Waals surface area contributed by atoms with Crippen LogP contribution in [0.4, 0.5) is 4.79 Å². The number of nitrogens with one attached hydrogen (secondary N) is 1. The molecular formula is C44H51N3O7. The van der Waals surface area contributed by atoms with Crippen molar-refractivity contribution in [2.45, 2.75) is 66.8 Å². The monoisotopic (exact) mass is 733 g/mol. The van der Waals surface area contributed by atoms with E-state index in [1.807, 2.05) is 55.5 Å². The highest BCUT2D eigenvalue weighted by molar-refractivity contribution is 6.21. The Bertz CT molecular complexity index is 2030. The number of aryl methyl sites for hydroxylation is 1. The molecule has 54 heavy (non-hydrogen) atoms. The van der Waals surface area contributed by atoms with E-state index < -0.39 is 23.3 Å². The van der Waals surface area contributed by atoms with Crippen molar-refractivity contribution in [2.75, 3.05) is 26.3 Å². The van der Waals surface area contributed by atoms with Crippen LogP contribution in [0, 0.1) is 5.41 Å². The number of alkyl carbamates (subject to hydrolysis) is 1. The van der Waals surface area contributed by atoms with Gasteiger partial charge in [-0.3, -0.25) is 24.1 Å². The maximum atomic E-state index is 12.3. The van der Waals surface area contributed by atoms with E-state index in [0.717, 1.165) is 33.3 Å². The van der Waals surface area contributed by atoms with Crippen molar-refractivity contribution in [3.8, 4) is 0 Å². The predicted molar refractivity (Wildman–Crippen MR) is 213 cm³/mol. The molecule has 10 heteroatoms. The molecule has 1 unspecified atom stereocenters. The first-order valence-corrected chi connectivity index (χ1v) is 18.5. The molecule has 1 aromatic heterocycles. The molecule has 6 rings (SSSR count). The predicted octanol–water partition coefficient (Wildman–Crippen LogP) is 8.36. The van der Waals surface area contributed by atoms with Gasteiger partial charge in [0.2, 0.25) is 0 Å². The van der Waals surface area contributed by atoms with E-state index in [1.165, 1.54) is 12.0 Å². The second-order valence-corrected chi connectivity index (χ2v) is 13.6. The number of rotatable bonds is 11. The van der Waals surface area contributed by atoms with Crippen LogP contribution in [0.3, 0.4) is 0 Å². The highest BCUT2D eigenvalue weighted by Crippen LogP contribution is 2.23. The first kappa shape index (κ1) is 41.0. The summed E-state index contributed by atoms with van der Waals surface area (Å²) in [4.78, 5) is 61.1. The van der Waals surface area contributed by atoms with E-state index in [2.05, 4.69) is 61.0 Å². The molecule has 0 saturated heterocycles. The Labute approximate surface area is 317 Å². The Hall–Kier alpha value is -5.77. The van der Waals surface area contributed by atoms with Gasteiger partial charge in [-0.15, -0.1) is 0 Å². The molecule has 1 atom stereocenters. The van der Waals surface area contributed by atoms with Crippen molar-refractivity contribution < 1.29 is 28.7 Å². The lowest BCUT2D eigenvalue weighted by atomic mass is 9.91. The van der Waals surface area contributed by atoms with Gasteiger partial charge in [-0.2, -0.15) is 0 Å². The first-order chi connectivity index (χ1) is 25.9. The summed E-state index contributed by atoms with van der Waals surface area (Å²) in [5, 5.41) is 4.04. The Morgan fingerprint density at radius 3 is 1.74 bits per heavy atom. The summed E-state index contributed by atoms with van der Waals surface area (Å²) in [7, 11) is 0. The van der Waals surface area contributed by atoms with Crippen LogP contribution in [0.25, 0.3) is 21.8 Å². The van der Waals surface area contributed by atoms with Gasteiger partial charge in [-0.1, -0.05) is 87.5 Å². The van der Waals surface area contributed by atoms with Crippen LogP contribution in [-0.4, -0.2) is 59.6 Å². The summed E-state index contributed by atoms with van der Waals surface area (Å²) in [6, 6.07) is 32.8. The average molecular weight is 734 g/mol. The molecule has 0 bridgehead atoms. The lowest BCUT2D eigenvalue weighted by molar-refractivity contribution is -0.153. The summed E-state index contributed by atoms with van der Waals surface area (Å²) in [5.41, 5.74) is 3.74. The molecule has 3 amide bonds. The van der Waals surface area contributed by atoms with Gasteiger partial charge < -0.3 is 19.4 Å². The number of pyridine rings is 1. The van der Waals surface area contributed by atoms with Crippen molar-refractivity contribution in [3.63, 3.8) is 0 Å². The Balaban J connectivity index is 0.000000203. The zero-order valence-electron chi connectivity index (χ0n) is 32.1. The van der Waals surface area contributed by atoms with Crippen LogP contribution in [0.5, 0.6) is 0 Å². The number of hydrogen-bond donors (Lipinski definition) is 1. The standard InChI is InChI=1S/C19H24N2O6.C15H13NO.C10H14/c1-4-19(2,3)17(24)26-11-9-20-18(25)27-12-10-21-15(22)13-7-5-6-8-14(13)16(21)23;1-2-16-13-9-5-3-7-11(13)15(17)12-8-4-6-10-14(12)16;1-3-9(2)10-7-5-4-6-8-10/h5-8H,4,9-12H2,1-3H3,(H,20,25);3-10H,2H2,1H3;4-9H,3H2,1-2H3. The topological polar surface area (TPSA) is 124 Å². The lowest BCUT2D eigenvalue weighted by Gasteiger charge is -2.20. The van der Waals surface area contributed by atoms with Crippen LogP contribution in [0.15, 0.2) is 108 Å². The molecule has 10 nitrogen and oxygen atoms in total. The molecule has 0 radical (unpaired) electrons. The second-order valence-electron chi connectivity index (χ2n) is 13.6. The first-order valence-electron chi connectivity index (χ1n) is 18.5. The number of fused-ring (bicyclic) bond motifs is 3. The number of carbonyl (C=O) groups excluding carboxylic acids is 4. The third-order valence-corrected chi connectivity index (χ3v) is 9.64. The Kier molecular flexibility index (Phi) is 14.7. The van der Waals surface area contributed by atoms with Crippen LogP contribution in [0.1, 0.15) is 86.6 Å². The molecule has 4 aromatic carbocycles. The van der Waals surface area contributed by atoms with Crippen LogP contribution < -0.4 is 10.7 Å². The van der Waals surface area contributed by atoms with E-state index in [1.54, 1.807) is 38.1 Å². The Morgan fingerprint density at radius 2 is 1.22 bits per heavy atom. The van der Waals surface area contributed by atoms with E-state index in [-0.39, 0.29) is 37.7 Å². The fourth-order valence-electron chi connectivity index (χ4n) is 5.79. The van der Waals surface area contributed by atoms with Gasteiger partial charge in [0, 0.05) is 17.3 Å². The van der Waals surface area contributed by atoms with Gasteiger partial charge in [-0.05, 0) is 81.5 Å². The minimum absolute atomic E-state index is 0.0283. The largest absolute Gasteiger partial charge is 0.463 e. The van der Waals surface area contributed by atoms with Gasteiger partial charge >= 0.3 is 12.1 Å². The van der Waals surface area contributed by atoms with E-state index in [0.29, 0.717) is 23.5 Å². The number of ether oxygens (including phenoxy) is 2. The molecule has 0 saturated carbocycles. The zero-order chi connectivity index (χ0) is 39.3. The normalized spacial score (nSPS) is 12.6. The summed E-state index contributed by atoms with van der Waals surface area (Å²) in [5.74, 6) is -0.415. The number of carbonyl (C=O) groups is 4. The maximum absolute atomic E-state index is 12.3. The molecule has 5 aromatic rings. The molecule has 1 aliphatic rings. The van der Waals surface area contributed by atoms with Gasteiger partial charge in [0.15, 0.2) is 5.43 Å².